The van der Waals surface area contributed by atoms with E-state index in [4.69, 9.17) is 9.68 Å². The molecule has 2 heterocycles. The molecule has 3 aliphatic rings. The molecule has 2 N–H and O–H groups in total. The molecule has 0 aromatic heterocycles. The lowest BCUT2D eigenvalue weighted by Gasteiger charge is -2.53. The van der Waals surface area contributed by atoms with E-state index in [1.165, 1.54) is 0 Å². The second-order valence-electron chi connectivity index (χ2n) is 14.0. The summed E-state index contributed by atoms with van der Waals surface area (Å²) in [6.07, 6.45) is 6.48. The van der Waals surface area contributed by atoms with Crippen LogP contribution in [-0.2, 0) is 19.3 Å². The Morgan fingerprint density at radius 1 is 0.583 bits per heavy atom. The zero-order valence-electron chi connectivity index (χ0n) is 24.5. The maximum atomic E-state index is 13.2. The highest BCUT2D eigenvalue weighted by Crippen LogP contribution is 2.40. The first kappa shape index (κ1) is 29.3. The maximum Gasteiger partial charge on any atom is 0.223 e. The van der Waals surface area contributed by atoms with Crippen LogP contribution in [-0.4, -0.2) is 70.4 Å². The van der Waals surface area contributed by atoms with Gasteiger partial charge in [-0.1, -0.05) is 0 Å². The number of rotatable bonds is 6. The topological polar surface area (TPSA) is 83.1 Å². The van der Waals surface area contributed by atoms with E-state index in [2.05, 4.69) is 76.1 Å². The Morgan fingerprint density at radius 2 is 0.833 bits per heavy atom. The molecule has 2 saturated heterocycles. The third-order valence-electron chi connectivity index (χ3n) is 8.71. The van der Waals surface area contributed by atoms with E-state index in [1.807, 2.05) is 0 Å². The molecule has 0 bridgehead atoms. The average Bonchev–Trinajstić information content (AvgIpc) is 2.70. The fourth-order valence-corrected chi connectivity index (χ4v) is 7.98. The smallest absolute Gasteiger partial charge is 0.223 e. The third-order valence-corrected chi connectivity index (χ3v) is 8.71. The van der Waals surface area contributed by atoms with Crippen LogP contribution in [0.5, 0.6) is 0 Å². The standard InChI is InChI=1S/C28H52N4O4/c1-25(2)15-21(16-26(3,4)31(25)35-9)29-23(33)19-11-13-20(14-12-19)24(34)30-22-17-27(5,6)32(36-10)28(7,8)18-22/h19-22H,11-18H2,1-10H3,(H,29,33)(H,30,34). The molecular weight excluding hydrogens is 456 g/mol. The van der Waals surface area contributed by atoms with Gasteiger partial charge in [0.05, 0.1) is 14.2 Å². The van der Waals surface area contributed by atoms with Crippen LogP contribution in [0.4, 0.5) is 0 Å². The van der Waals surface area contributed by atoms with Crippen molar-refractivity contribution in [2.24, 2.45) is 11.8 Å². The molecule has 3 rings (SSSR count). The number of hydrogen-bond acceptors (Lipinski definition) is 6. The number of nitrogens with zero attached hydrogens (tertiary/aromatic N) is 2. The highest BCUT2D eigenvalue weighted by atomic mass is 16.7. The predicted octanol–water partition coefficient (Wildman–Crippen LogP) is 4.19. The summed E-state index contributed by atoms with van der Waals surface area (Å²) in [5.41, 5.74) is -0.640. The van der Waals surface area contributed by atoms with Gasteiger partial charge in [-0.25, -0.2) is 0 Å². The molecule has 0 atom stereocenters. The number of nitrogens with one attached hydrogen (secondary N) is 2. The lowest BCUT2D eigenvalue weighted by molar-refractivity contribution is -0.267. The summed E-state index contributed by atoms with van der Waals surface area (Å²) in [4.78, 5) is 37.7. The van der Waals surface area contributed by atoms with Crippen LogP contribution in [0.3, 0.4) is 0 Å². The van der Waals surface area contributed by atoms with Crippen LogP contribution in [0.1, 0.15) is 107 Å². The van der Waals surface area contributed by atoms with E-state index in [9.17, 15) is 9.59 Å². The molecule has 36 heavy (non-hydrogen) atoms. The molecule has 2 amide bonds. The number of amides is 2. The van der Waals surface area contributed by atoms with Gasteiger partial charge in [0.2, 0.25) is 11.8 Å². The zero-order chi connectivity index (χ0) is 27.1. The first-order valence-corrected chi connectivity index (χ1v) is 13.8. The minimum atomic E-state index is -0.160. The van der Waals surface area contributed by atoms with Gasteiger partial charge in [0.25, 0.3) is 0 Å². The molecule has 0 unspecified atom stereocenters. The minimum Gasteiger partial charge on any atom is -0.353 e. The second-order valence-corrected chi connectivity index (χ2v) is 14.0. The summed E-state index contributed by atoms with van der Waals surface area (Å²) in [6, 6.07) is 0.249. The molecule has 0 aromatic carbocycles. The van der Waals surface area contributed by atoms with Crippen molar-refractivity contribution < 1.29 is 19.3 Å². The molecule has 8 nitrogen and oxygen atoms in total. The van der Waals surface area contributed by atoms with Gasteiger partial charge in [0, 0.05) is 46.1 Å². The highest BCUT2D eigenvalue weighted by molar-refractivity contribution is 5.81. The van der Waals surface area contributed by atoms with E-state index in [1.54, 1.807) is 14.2 Å². The Bertz CT molecular complexity index is 699. The molecule has 0 aromatic rings. The molecule has 3 fully saturated rings. The van der Waals surface area contributed by atoms with Crippen LogP contribution in [0.15, 0.2) is 0 Å². The number of carbonyl (C=O) groups excluding carboxylic acids is 2. The van der Waals surface area contributed by atoms with Crippen LogP contribution < -0.4 is 10.6 Å². The number of hydrogen-bond donors (Lipinski definition) is 2. The van der Waals surface area contributed by atoms with Gasteiger partial charge < -0.3 is 20.3 Å². The summed E-state index contributed by atoms with van der Waals surface area (Å²) in [6.45, 7) is 17.3. The molecular formula is C28H52N4O4. The fraction of sp³-hybridized carbons (Fsp3) is 0.929. The monoisotopic (exact) mass is 508 g/mol. The highest BCUT2D eigenvalue weighted by Gasteiger charge is 2.48. The van der Waals surface area contributed by atoms with Gasteiger partial charge >= 0.3 is 0 Å². The van der Waals surface area contributed by atoms with Crippen molar-refractivity contribution in [1.29, 1.82) is 0 Å². The Morgan fingerprint density at radius 3 is 1.06 bits per heavy atom. The van der Waals surface area contributed by atoms with E-state index in [0.717, 1.165) is 51.4 Å². The summed E-state index contributed by atoms with van der Waals surface area (Å²) < 4.78 is 0. The van der Waals surface area contributed by atoms with E-state index >= 15 is 0 Å². The van der Waals surface area contributed by atoms with E-state index in [-0.39, 0.29) is 57.9 Å². The molecule has 8 heteroatoms. The summed E-state index contributed by atoms with van der Waals surface area (Å²) in [5.74, 6) is 0.269. The van der Waals surface area contributed by atoms with Crippen LogP contribution >= 0.6 is 0 Å². The predicted molar refractivity (Wildman–Crippen MR) is 142 cm³/mol. The minimum absolute atomic E-state index is 0.0106. The Kier molecular flexibility index (Phi) is 8.56. The Labute approximate surface area is 219 Å². The van der Waals surface area contributed by atoms with Gasteiger partial charge in [-0.15, -0.1) is 0 Å². The van der Waals surface area contributed by atoms with Gasteiger partial charge in [-0.2, -0.15) is 10.1 Å². The van der Waals surface area contributed by atoms with Crippen LogP contribution in [0.25, 0.3) is 0 Å². The molecule has 1 aliphatic carbocycles. The quantitative estimate of drug-likeness (QED) is 0.560. The lowest BCUT2D eigenvalue weighted by Crippen LogP contribution is -2.64. The second kappa shape index (κ2) is 10.5. The first-order chi connectivity index (χ1) is 16.5. The Balaban J connectivity index is 1.50. The normalized spacial score (nSPS) is 31.1. The SMILES string of the molecule is CON1C(C)(C)CC(NC(=O)C2CCC(C(=O)NC3CC(C)(C)N(OC)C(C)(C)C3)CC2)CC1(C)C. The van der Waals surface area contributed by atoms with Crippen molar-refractivity contribution in [3.05, 3.63) is 0 Å². The van der Waals surface area contributed by atoms with Crippen molar-refractivity contribution in [3.63, 3.8) is 0 Å². The summed E-state index contributed by atoms with van der Waals surface area (Å²) in [7, 11) is 3.45. The van der Waals surface area contributed by atoms with Crippen LogP contribution in [0, 0.1) is 11.8 Å². The summed E-state index contributed by atoms with van der Waals surface area (Å²) >= 11 is 0. The fourth-order valence-electron chi connectivity index (χ4n) is 7.98. The molecule has 0 spiro atoms. The Hall–Kier alpha value is -1.22. The van der Waals surface area contributed by atoms with Gasteiger partial charge in [-0.3, -0.25) is 9.59 Å². The van der Waals surface area contributed by atoms with E-state index in [0.29, 0.717) is 0 Å². The van der Waals surface area contributed by atoms with E-state index < -0.39 is 0 Å². The van der Waals surface area contributed by atoms with Gasteiger partial charge in [0.15, 0.2) is 0 Å². The average molecular weight is 509 g/mol. The number of hydroxylamine groups is 4. The van der Waals surface area contributed by atoms with Crippen molar-refractivity contribution in [2.75, 3.05) is 14.2 Å². The molecule has 0 radical (unpaired) electrons. The van der Waals surface area contributed by atoms with Crippen molar-refractivity contribution in [1.82, 2.24) is 20.8 Å². The van der Waals surface area contributed by atoms with Crippen molar-refractivity contribution in [3.8, 4) is 0 Å². The third kappa shape index (κ3) is 6.25. The summed E-state index contributed by atoms with van der Waals surface area (Å²) in [5, 5.41) is 10.8. The van der Waals surface area contributed by atoms with Crippen LogP contribution in [0.2, 0.25) is 0 Å². The van der Waals surface area contributed by atoms with Crippen molar-refractivity contribution >= 4 is 11.8 Å². The molecule has 208 valence electrons. The number of carbonyl (C=O) groups is 2. The van der Waals surface area contributed by atoms with Crippen molar-refractivity contribution in [2.45, 2.75) is 141 Å². The van der Waals surface area contributed by atoms with Gasteiger partial charge in [0.1, 0.15) is 0 Å². The zero-order valence-corrected chi connectivity index (χ0v) is 24.5. The molecule has 1 saturated carbocycles. The lowest BCUT2D eigenvalue weighted by atomic mass is 9.77. The molecule has 2 aliphatic heterocycles. The largest absolute Gasteiger partial charge is 0.353 e. The number of piperidine rings is 2. The first-order valence-electron chi connectivity index (χ1n) is 13.8. The maximum absolute atomic E-state index is 13.2. The van der Waals surface area contributed by atoms with Gasteiger partial charge in [-0.05, 0) is 107 Å².